The monoisotopic (exact) mass is 401 g/mol. The van der Waals surface area contributed by atoms with Gasteiger partial charge in [-0.15, -0.1) is 0 Å². The molecule has 0 heterocycles. The first kappa shape index (κ1) is 20.8. The van der Waals surface area contributed by atoms with Crippen LogP contribution in [0.4, 0.5) is 0 Å². The largest absolute Gasteiger partial charge is 0.504 e. The lowest BCUT2D eigenvalue weighted by Crippen LogP contribution is -2.17. The van der Waals surface area contributed by atoms with Gasteiger partial charge in [0.1, 0.15) is 17.7 Å². The second kappa shape index (κ2) is 9.44. The Balaban J connectivity index is 2.27. The number of ether oxygens (including phenoxy) is 2. The summed E-state index contributed by atoms with van der Waals surface area (Å²) in [7, 11) is 1.21. The van der Waals surface area contributed by atoms with Gasteiger partial charge in [-0.1, -0.05) is 29.8 Å². The molecule has 144 valence electrons. The predicted octanol–water partition coefficient (Wildman–Crippen LogP) is 3.51. The van der Waals surface area contributed by atoms with Crippen LogP contribution in [0.3, 0.4) is 0 Å². The third-order valence-electron chi connectivity index (χ3n) is 3.72. The van der Waals surface area contributed by atoms with E-state index in [2.05, 4.69) is 4.74 Å². The molecule has 2 N–H and O–H groups in total. The van der Waals surface area contributed by atoms with Crippen molar-refractivity contribution in [3.63, 3.8) is 0 Å². The fourth-order valence-electron chi connectivity index (χ4n) is 2.27. The van der Waals surface area contributed by atoms with Crippen molar-refractivity contribution in [1.82, 2.24) is 0 Å². The molecule has 1 unspecified atom stereocenters. The maximum Gasteiger partial charge on any atom is 0.349 e. The molecule has 7 nitrogen and oxygen atoms in total. The van der Waals surface area contributed by atoms with Crippen molar-refractivity contribution < 1.29 is 29.3 Å². The van der Waals surface area contributed by atoms with Gasteiger partial charge in [-0.25, -0.2) is 4.79 Å². The molecule has 0 amide bonds. The number of hydrogen-bond acceptors (Lipinski definition) is 7. The van der Waals surface area contributed by atoms with Crippen LogP contribution in [-0.4, -0.2) is 29.3 Å². The summed E-state index contributed by atoms with van der Waals surface area (Å²) < 4.78 is 9.97. The van der Waals surface area contributed by atoms with E-state index in [1.165, 1.54) is 31.4 Å². The van der Waals surface area contributed by atoms with Crippen molar-refractivity contribution >= 4 is 29.6 Å². The number of rotatable bonds is 6. The molecule has 0 aromatic heterocycles. The van der Waals surface area contributed by atoms with E-state index < -0.39 is 23.8 Å². The molecule has 8 heteroatoms. The Kier molecular flexibility index (Phi) is 7.02. The predicted molar refractivity (Wildman–Crippen MR) is 100 cm³/mol. The SMILES string of the molecule is COC(=O)CC(OC(=O)/C(C#N)=C/c1ccc(O)c(O)c1)c1ccc(Cl)cc1. The van der Waals surface area contributed by atoms with Gasteiger partial charge in [0, 0.05) is 5.02 Å². The number of phenols is 2. The molecule has 2 aromatic carbocycles. The molecular weight excluding hydrogens is 386 g/mol. The smallest absolute Gasteiger partial charge is 0.349 e. The average Bonchev–Trinajstić information content (AvgIpc) is 2.68. The Morgan fingerprint density at radius 3 is 2.43 bits per heavy atom. The van der Waals surface area contributed by atoms with Crippen molar-refractivity contribution in [2.45, 2.75) is 12.5 Å². The van der Waals surface area contributed by atoms with E-state index in [1.807, 2.05) is 0 Å². The highest BCUT2D eigenvalue weighted by Crippen LogP contribution is 2.27. The zero-order valence-corrected chi connectivity index (χ0v) is 15.5. The van der Waals surface area contributed by atoms with Crippen LogP contribution in [0.15, 0.2) is 48.0 Å². The number of benzene rings is 2. The van der Waals surface area contributed by atoms with Crippen molar-refractivity contribution in [3.05, 3.63) is 64.2 Å². The molecule has 0 saturated carbocycles. The first-order valence-corrected chi connectivity index (χ1v) is 8.39. The van der Waals surface area contributed by atoms with Crippen LogP contribution < -0.4 is 0 Å². The van der Waals surface area contributed by atoms with Gasteiger partial charge in [0.25, 0.3) is 0 Å². The van der Waals surface area contributed by atoms with Gasteiger partial charge in [-0.05, 0) is 41.5 Å². The quantitative estimate of drug-likeness (QED) is 0.329. The average molecular weight is 402 g/mol. The molecule has 0 aliphatic rings. The summed E-state index contributed by atoms with van der Waals surface area (Å²) >= 11 is 5.85. The van der Waals surface area contributed by atoms with Crippen LogP contribution in [0.5, 0.6) is 11.5 Å². The number of esters is 2. The molecule has 1 atom stereocenters. The van der Waals surface area contributed by atoms with Crippen LogP contribution in [0, 0.1) is 11.3 Å². The van der Waals surface area contributed by atoms with Gasteiger partial charge in [-0.2, -0.15) is 5.26 Å². The Morgan fingerprint density at radius 2 is 1.86 bits per heavy atom. The van der Waals surface area contributed by atoms with Crippen LogP contribution in [0.2, 0.25) is 5.02 Å². The number of phenolic OH excluding ortho intramolecular Hbond substituents is 2. The van der Waals surface area contributed by atoms with Gasteiger partial charge in [0.2, 0.25) is 0 Å². The number of carbonyl (C=O) groups excluding carboxylic acids is 2. The van der Waals surface area contributed by atoms with Crippen molar-refractivity contribution in [2.75, 3.05) is 7.11 Å². The Morgan fingerprint density at radius 1 is 1.18 bits per heavy atom. The standard InChI is InChI=1S/C20H16ClNO6/c1-27-19(25)10-18(13-3-5-15(21)6-4-13)28-20(26)14(11-22)8-12-2-7-16(23)17(24)9-12/h2-9,18,23-24H,10H2,1H3/b14-8+. The normalized spacial score (nSPS) is 12.0. The zero-order chi connectivity index (χ0) is 20.7. The highest BCUT2D eigenvalue weighted by atomic mass is 35.5. The van der Waals surface area contributed by atoms with Gasteiger partial charge >= 0.3 is 11.9 Å². The van der Waals surface area contributed by atoms with Gasteiger partial charge < -0.3 is 19.7 Å². The van der Waals surface area contributed by atoms with Crippen LogP contribution >= 0.6 is 11.6 Å². The topological polar surface area (TPSA) is 117 Å². The summed E-state index contributed by atoms with van der Waals surface area (Å²) in [6, 6.07) is 11.9. The van der Waals surface area contributed by atoms with Crippen molar-refractivity contribution in [3.8, 4) is 17.6 Å². The van der Waals surface area contributed by atoms with Gasteiger partial charge in [0.05, 0.1) is 13.5 Å². The van der Waals surface area contributed by atoms with Gasteiger partial charge in [0.15, 0.2) is 11.5 Å². The van der Waals surface area contributed by atoms with E-state index >= 15 is 0 Å². The second-order valence-corrected chi connectivity index (χ2v) is 6.08. The summed E-state index contributed by atoms with van der Waals surface area (Å²) in [6.45, 7) is 0. The number of nitrogens with zero attached hydrogens (tertiary/aromatic N) is 1. The second-order valence-electron chi connectivity index (χ2n) is 5.64. The first-order chi connectivity index (χ1) is 13.3. The lowest BCUT2D eigenvalue weighted by Gasteiger charge is -2.17. The first-order valence-electron chi connectivity index (χ1n) is 8.01. The van der Waals surface area contributed by atoms with E-state index in [4.69, 9.17) is 16.3 Å². The summed E-state index contributed by atoms with van der Waals surface area (Å²) in [5.41, 5.74) is 0.455. The fraction of sp³-hybridized carbons (Fsp3) is 0.150. The maximum atomic E-state index is 12.4. The molecule has 28 heavy (non-hydrogen) atoms. The molecule has 0 fully saturated rings. The molecular formula is C20H16ClNO6. The summed E-state index contributed by atoms with van der Waals surface area (Å²) in [4.78, 5) is 24.1. The van der Waals surface area contributed by atoms with Crippen LogP contribution in [-0.2, 0) is 19.1 Å². The minimum absolute atomic E-state index is 0.247. The molecule has 2 rings (SSSR count). The third-order valence-corrected chi connectivity index (χ3v) is 3.97. The minimum atomic E-state index is -0.984. The van der Waals surface area contributed by atoms with E-state index in [9.17, 15) is 25.1 Å². The molecule has 0 radical (unpaired) electrons. The highest BCUT2D eigenvalue weighted by Gasteiger charge is 2.23. The molecule has 0 bridgehead atoms. The molecule has 0 saturated heterocycles. The molecule has 0 spiro atoms. The zero-order valence-electron chi connectivity index (χ0n) is 14.8. The minimum Gasteiger partial charge on any atom is -0.504 e. The Bertz CT molecular complexity index is 946. The maximum absolute atomic E-state index is 12.4. The van der Waals surface area contributed by atoms with E-state index in [-0.39, 0.29) is 17.7 Å². The summed E-state index contributed by atoms with van der Waals surface area (Å²) in [5, 5.41) is 28.6. The number of carbonyl (C=O) groups is 2. The van der Waals surface area contributed by atoms with Crippen LogP contribution in [0.25, 0.3) is 6.08 Å². The van der Waals surface area contributed by atoms with E-state index in [0.717, 1.165) is 0 Å². The summed E-state index contributed by atoms with van der Waals surface area (Å²) in [5.74, 6) is -2.29. The molecule has 0 aliphatic carbocycles. The molecule has 0 aliphatic heterocycles. The Labute approximate surface area is 166 Å². The number of halogens is 1. The fourth-order valence-corrected chi connectivity index (χ4v) is 2.39. The summed E-state index contributed by atoms with van der Waals surface area (Å²) in [6.07, 6.45) is -0.0385. The van der Waals surface area contributed by atoms with Crippen molar-refractivity contribution in [1.29, 1.82) is 5.26 Å². The van der Waals surface area contributed by atoms with Crippen LogP contribution in [0.1, 0.15) is 23.7 Å². The number of methoxy groups -OCH3 is 1. The van der Waals surface area contributed by atoms with Gasteiger partial charge in [-0.3, -0.25) is 4.79 Å². The van der Waals surface area contributed by atoms with E-state index in [0.29, 0.717) is 16.1 Å². The third kappa shape index (κ3) is 5.50. The lowest BCUT2D eigenvalue weighted by molar-refractivity contribution is -0.151. The number of hydrogen-bond donors (Lipinski definition) is 2. The number of aromatic hydroxyl groups is 2. The Hall–Kier alpha value is -3.50. The van der Waals surface area contributed by atoms with Crippen molar-refractivity contribution in [2.24, 2.45) is 0 Å². The number of nitriles is 1. The highest BCUT2D eigenvalue weighted by molar-refractivity contribution is 6.30. The molecule has 2 aromatic rings. The van der Waals surface area contributed by atoms with E-state index in [1.54, 1.807) is 30.3 Å². The lowest BCUT2D eigenvalue weighted by atomic mass is 10.1.